The monoisotopic (exact) mass is 272 g/mol. The van der Waals surface area contributed by atoms with Crippen molar-refractivity contribution in [2.24, 2.45) is 11.7 Å². The van der Waals surface area contributed by atoms with Crippen molar-refractivity contribution in [3.05, 3.63) is 10.6 Å². The second-order valence-electron chi connectivity index (χ2n) is 4.45. The van der Waals surface area contributed by atoms with Crippen LogP contribution in [0.1, 0.15) is 19.8 Å². The summed E-state index contributed by atoms with van der Waals surface area (Å²) in [6, 6.07) is 0. The van der Waals surface area contributed by atoms with E-state index in [0.29, 0.717) is 24.3 Å². The maximum Gasteiger partial charge on any atom is 0.353 e. The number of aliphatic hydroxyl groups is 1. The number of carbonyl (C=O) groups excluding carboxylic acids is 1. The Bertz CT molecular complexity index is 421. The Morgan fingerprint density at radius 2 is 2.28 bits per heavy atom. The quantitative estimate of drug-likeness (QED) is 0.605. The predicted octanol–water partition coefficient (Wildman–Crippen LogP) is -0.0664. The zero-order valence-corrected chi connectivity index (χ0v) is 10.8. The minimum Gasteiger partial charge on any atom is -0.477 e. The van der Waals surface area contributed by atoms with Gasteiger partial charge in [-0.25, -0.2) is 4.79 Å². The number of carboxylic acid groups (broad SMARTS) is 1. The number of β-lactam (4-membered cyclic amide) rings is 1. The van der Waals surface area contributed by atoms with Gasteiger partial charge < -0.3 is 15.9 Å². The first-order chi connectivity index (χ1) is 8.49. The average molecular weight is 272 g/mol. The second kappa shape index (κ2) is 4.91. The SMILES string of the molecule is CC(O)C1C(=O)N2C(C(=O)O)=C(CCCN)S[C@H]12. The third kappa shape index (κ3) is 1.92. The first-order valence-electron chi connectivity index (χ1n) is 5.83. The number of aliphatic hydroxyl groups excluding tert-OH is 1. The number of allylic oxidation sites excluding steroid dienone is 1. The molecule has 0 aromatic carbocycles. The topological polar surface area (TPSA) is 104 Å². The summed E-state index contributed by atoms with van der Waals surface area (Å²) in [7, 11) is 0. The average Bonchev–Trinajstić information content (AvgIpc) is 2.60. The van der Waals surface area contributed by atoms with Crippen LogP contribution in [0, 0.1) is 5.92 Å². The molecule has 3 atom stereocenters. The largest absolute Gasteiger partial charge is 0.477 e. The summed E-state index contributed by atoms with van der Waals surface area (Å²) in [6.45, 7) is 2.04. The van der Waals surface area contributed by atoms with E-state index in [1.165, 1.54) is 16.7 Å². The number of fused-ring (bicyclic) bond motifs is 1. The lowest BCUT2D eigenvalue weighted by Gasteiger charge is -2.43. The molecule has 2 aliphatic heterocycles. The number of hydrogen-bond donors (Lipinski definition) is 3. The molecule has 0 aromatic rings. The third-order valence-electron chi connectivity index (χ3n) is 3.18. The lowest BCUT2D eigenvalue weighted by Crippen LogP contribution is -2.60. The minimum atomic E-state index is -1.09. The van der Waals surface area contributed by atoms with Gasteiger partial charge in [0, 0.05) is 4.91 Å². The molecule has 0 aliphatic carbocycles. The predicted molar refractivity (Wildman–Crippen MR) is 66.3 cm³/mol. The van der Waals surface area contributed by atoms with Crippen LogP contribution in [0.4, 0.5) is 0 Å². The summed E-state index contributed by atoms with van der Waals surface area (Å²) < 4.78 is 0. The number of rotatable bonds is 5. The molecule has 0 radical (unpaired) electrons. The van der Waals surface area contributed by atoms with Gasteiger partial charge in [-0.05, 0) is 26.3 Å². The second-order valence-corrected chi connectivity index (χ2v) is 5.66. The molecule has 0 spiro atoms. The van der Waals surface area contributed by atoms with Crippen LogP contribution in [0.2, 0.25) is 0 Å². The highest BCUT2D eigenvalue weighted by Crippen LogP contribution is 2.51. The zero-order chi connectivity index (χ0) is 13.4. The molecule has 1 fully saturated rings. The van der Waals surface area contributed by atoms with Gasteiger partial charge in [0.05, 0.1) is 12.0 Å². The van der Waals surface area contributed by atoms with E-state index in [2.05, 4.69) is 0 Å². The number of hydrogen-bond acceptors (Lipinski definition) is 5. The van der Waals surface area contributed by atoms with Crippen molar-refractivity contribution in [1.82, 2.24) is 4.90 Å². The molecule has 7 heteroatoms. The lowest BCUT2D eigenvalue weighted by atomic mass is 9.92. The first-order valence-corrected chi connectivity index (χ1v) is 6.71. The van der Waals surface area contributed by atoms with Crippen molar-refractivity contribution in [2.45, 2.75) is 31.2 Å². The van der Waals surface area contributed by atoms with Crippen molar-refractivity contribution in [2.75, 3.05) is 6.54 Å². The van der Waals surface area contributed by atoms with Gasteiger partial charge in [-0.15, -0.1) is 11.8 Å². The van der Waals surface area contributed by atoms with Crippen molar-refractivity contribution in [1.29, 1.82) is 0 Å². The van der Waals surface area contributed by atoms with Gasteiger partial charge in [0.2, 0.25) is 5.91 Å². The van der Waals surface area contributed by atoms with E-state index >= 15 is 0 Å². The van der Waals surface area contributed by atoms with E-state index in [1.54, 1.807) is 6.92 Å². The van der Waals surface area contributed by atoms with Crippen LogP contribution in [-0.2, 0) is 9.59 Å². The molecule has 2 rings (SSSR count). The Labute approximate surface area is 109 Å². The Hall–Kier alpha value is -1.05. The summed E-state index contributed by atoms with van der Waals surface area (Å²) in [5, 5.41) is 18.5. The molecule has 0 saturated carbocycles. The molecule has 6 nitrogen and oxygen atoms in total. The molecule has 100 valence electrons. The summed E-state index contributed by atoms with van der Waals surface area (Å²) in [6.07, 6.45) is 0.498. The van der Waals surface area contributed by atoms with Gasteiger partial charge >= 0.3 is 5.97 Å². The van der Waals surface area contributed by atoms with E-state index in [9.17, 15) is 19.8 Å². The number of nitrogens with two attached hydrogens (primary N) is 1. The molecule has 0 bridgehead atoms. The summed E-state index contributed by atoms with van der Waals surface area (Å²) in [5.74, 6) is -1.89. The number of nitrogens with zero attached hydrogens (tertiary/aromatic N) is 1. The van der Waals surface area contributed by atoms with Crippen LogP contribution in [-0.4, -0.2) is 45.0 Å². The normalized spacial score (nSPS) is 28.2. The first kappa shape index (κ1) is 13.4. The molecule has 2 aliphatic rings. The number of aliphatic carboxylic acids is 1. The smallest absolute Gasteiger partial charge is 0.353 e. The molecule has 2 heterocycles. The summed E-state index contributed by atoms with van der Waals surface area (Å²) >= 11 is 1.37. The van der Waals surface area contributed by atoms with E-state index < -0.39 is 18.0 Å². The van der Waals surface area contributed by atoms with E-state index in [1.807, 2.05) is 0 Å². The Kier molecular flexibility index (Phi) is 3.65. The fourth-order valence-corrected chi connectivity index (χ4v) is 3.95. The number of amides is 1. The molecular formula is C11H16N2O4S. The minimum absolute atomic E-state index is 0.0698. The molecule has 18 heavy (non-hydrogen) atoms. The van der Waals surface area contributed by atoms with Crippen LogP contribution < -0.4 is 5.73 Å². The van der Waals surface area contributed by atoms with E-state index in [4.69, 9.17) is 5.73 Å². The van der Waals surface area contributed by atoms with Gasteiger partial charge in [-0.2, -0.15) is 0 Å². The Morgan fingerprint density at radius 1 is 1.61 bits per heavy atom. The van der Waals surface area contributed by atoms with E-state index in [0.717, 1.165) is 0 Å². The summed E-state index contributed by atoms with van der Waals surface area (Å²) in [5.41, 5.74) is 5.49. The number of thioether (sulfide) groups is 1. The van der Waals surface area contributed by atoms with Crippen LogP contribution in [0.25, 0.3) is 0 Å². The molecule has 4 N–H and O–H groups in total. The fourth-order valence-electron chi connectivity index (χ4n) is 2.29. The van der Waals surface area contributed by atoms with Gasteiger partial charge in [0.1, 0.15) is 11.1 Å². The molecule has 1 saturated heterocycles. The van der Waals surface area contributed by atoms with Crippen molar-refractivity contribution in [3.63, 3.8) is 0 Å². The molecule has 0 aromatic heterocycles. The highest BCUT2D eigenvalue weighted by atomic mass is 32.2. The van der Waals surface area contributed by atoms with Gasteiger partial charge in [-0.3, -0.25) is 9.69 Å². The fraction of sp³-hybridized carbons (Fsp3) is 0.636. The highest BCUT2D eigenvalue weighted by molar-refractivity contribution is 8.04. The maximum atomic E-state index is 11.8. The maximum absolute atomic E-state index is 11.8. The third-order valence-corrected chi connectivity index (χ3v) is 4.61. The summed E-state index contributed by atoms with van der Waals surface area (Å²) in [4.78, 5) is 25.1. The number of carboxylic acids is 1. The van der Waals surface area contributed by atoms with Crippen molar-refractivity contribution in [3.8, 4) is 0 Å². The van der Waals surface area contributed by atoms with Crippen LogP contribution in [0.15, 0.2) is 10.6 Å². The standard InChI is InChI=1S/C11H16N2O4S/c1-5(14)7-9(15)13-8(11(16)17)6(3-2-4-12)18-10(7)13/h5,7,10,14H,2-4,12H2,1H3,(H,16,17)/t5?,7?,10-/m1/s1. The van der Waals surface area contributed by atoms with Crippen LogP contribution in [0.5, 0.6) is 0 Å². The van der Waals surface area contributed by atoms with Crippen molar-refractivity contribution >= 4 is 23.6 Å². The van der Waals surface area contributed by atoms with Gasteiger partial charge in [0.25, 0.3) is 0 Å². The molecule has 1 amide bonds. The zero-order valence-electron chi connectivity index (χ0n) is 10.00. The lowest BCUT2D eigenvalue weighted by molar-refractivity contribution is -0.156. The van der Waals surface area contributed by atoms with E-state index in [-0.39, 0.29) is 17.0 Å². The van der Waals surface area contributed by atoms with Crippen molar-refractivity contribution < 1.29 is 19.8 Å². The molecule has 2 unspecified atom stereocenters. The Morgan fingerprint density at radius 3 is 2.78 bits per heavy atom. The molecular weight excluding hydrogens is 256 g/mol. The number of carbonyl (C=O) groups is 2. The Balaban J connectivity index is 2.21. The highest BCUT2D eigenvalue weighted by Gasteiger charge is 2.57. The van der Waals surface area contributed by atoms with Crippen LogP contribution >= 0.6 is 11.8 Å². The van der Waals surface area contributed by atoms with Gasteiger partial charge in [0.15, 0.2) is 0 Å². The van der Waals surface area contributed by atoms with Gasteiger partial charge in [-0.1, -0.05) is 0 Å². The van der Waals surface area contributed by atoms with Crippen LogP contribution in [0.3, 0.4) is 0 Å².